The van der Waals surface area contributed by atoms with Crippen LogP contribution in [-0.2, 0) is 19.0 Å². The molecule has 3 fully saturated rings. The maximum Gasteiger partial charge on any atom is 0.330 e. The van der Waals surface area contributed by atoms with Gasteiger partial charge in [-0.2, -0.15) is 0 Å². The van der Waals surface area contributed by atoms with E-state index in [-0.39, 0.29) is 41.8 Å². The first-order valence-corrected chi connectivity index (χ1v) is 16.7. The molecule has 228 valence electrons. The highest BCUT2D eigenvalue weighted by atomic mass is 16.5. The van der Waals surface area contributed by atoms with Gasteiger partial charge < -0.3 is 19.9 Å². The Hall–Kier alpha value is -1.69. The minimum absolute atomic E-state index is 0.0212. The average molecular weight is 566 g/mol. The largest absolute Gasteiger partial charge is 0.459 e. The number of nitrogens with two attached hydrogens (primary N) is 1. The van der Waals surface area contributed by atoms with Gasteiger partial charge in [0.1, 0.15) is 6.10 Å². The summed E-state index contributed by atoms with van der Waals surface area (Å²) in [6.07, 6.45) is 27.4. The number of rotatable bonds is 5. The Kier molecular flexibility index (Phi) is 10.6. The van der Waals surface area contributed by atoms with Crippen LogP contribution in [0.3, 0.4) is 0 Å². The van der Waals surface area contributed by atoms with E-state index < -0.39 is 0 Å². The highest BCUT2D eigenvalue weighted by Gasteiger charge is 2.46. The molecule has 5 aliphatic rings. The van der Waals surface area contributed by atoms with E-state index in [9.17, 15) is 4.79 Å². The zero-order valence-corrected chi connectivity index (χ0v) is 25.7. The number of carbonyl (C=O) groups is 1. The van der Waals surface area contributed by atoms with E-state index in [0.29, 0.717) is 30.1 Å². The second-order valence-corrected chi connectivity index (χ2v) is 14.2. The number of esters is 1. The molecule has 0 spiro atoms. The standard InChI is InChI=1S/C36H55NO4/c1-25-7-4-8-29-9-5-10-30(40-29)11-6-12-35(38)41-34(24-33(28-15-16-28)36(3,37)21-19-25)32(27-13-14-27)18-17-31-23-26(2)20-22-39-31/h5-6,10,12,17-18,26-34H,1,4,7-9,11,13-16,19-24,37H2,2-3H3/b12-6-,18-17+. The minimum atomic E-state index is -0.319. The fourth-order valence-electron chi connectivity index (χ4n) is 7.36. The maximum absolute atomic E-state index is 13.3. The van der Waals surface area contributed by atoms with Gasteiger partial charge in [-0.1, -0.05) is 49.5 Å². The van der Waals surface area contributed by atoms with E-state index in [4.69, 9.17) is 19.9 Å². The van der Waals surface area contributed by atoms with E-state index in [0.717, 1.165) is 64.4 Å². The van der Waals surface area contributed by atoms with Crippen molar-refractivity contribution in [2.45, 2.75) is 134 Å². The van der Waals surface area contributed by atoms with Crippen LogP contribution in [0.25, 0.3) is 0 Å². The first-order valence-electron chi connectivity index (χ1n) is 16.7. The Bertz CT molecular complexity index is 974. The van der Waals surface area contributed by atoms with Crippen LogP contribution in [0.1, 0.15) is 104 Å². The van der Waals surface area contributed by atoms with Crippen LogP contribution in [-0.4, -0.2) is 42.5 Å². The van der Waals surface area contributed by atoms with Gasteiger partial charge in [-0.3, -0.25) is 0 Å². The molecule has 2 saturated carbocycles. The topological polar surface area (TPSA) is 70.8 Å². The lowest BCUT2D eigenvalue weighted by Crippen LogP contribution is -2.47. The number of ether oxygens (including phenoxy) is 3. The number of carbonyl (C=O) groups excluding carboxylic acids is 1. The van der Waals surface area contributed by atoms with E-state index >= 15 is 0 Å². The summed E-state index contributed by atoms with van der Waals surface area (Å²) in [5.74, 6) is 2.16. The smallest absolute Gasteiger partial charge is 0.330 e. The fourth-order valence-corrected chi connectivity index (χ4v) is 7.36. The predicted molar refractivity (Wildman–Crippen MR) is 165 cm³/mol. The van der Waals surface area contributed by atoms with Crippen molar-refractivity contribution >= 4 is 5.97 Å². The zero-order valence-electron chi connectivity index (χ0n) is 25.7. The third-order valence-corrected chi connectivity index (χ3v) is 10.3. The van der Waals surface area contributed by atoms with E-state index in [2.05, 4.69) is 44.7 Å². The summed E-state index contributed by atoms with van der Waals surface area (Å²) in [4.78, 5) is 13.3. The van der Waals surface area contributed by atoms with Crippen molar-refractivity contribution < 1.29 is 19.0 Å². The summed E-state index contributed by atoms with van der Waals surface area (Å²) in [6, 6.07) is 0. The van der Waals surface area contributed by atoms with Crippen LogP contribution < -0.4 is 5.73 Å². The second-order valence-electron chi connectivity index (χ2n) is 14.2. The zero-order chi connectivity index (χ0) is 28.8. The van der Waals surface area contributed by atoms with Gasteiger partial charge >= 0.3 is 5.97 Å². The Balaban J connectivity index is 1.37. The molecule has 5 heteroatoms. The molecular formula is C36H55NO4. The molecule has 0 amide bonds. The van der Waals surface area contributed by atoms with Crippen molar-refractivity contribution in [2.75, 3.05) is 6.61 Å². The Labute approximate surface area is 249 Å². The van der Waals surface area contributed by atoms with Gasteiger partial charge in [-0.15, -0.1) is 0 Å². The highest BCUT2D eigenvalue weighted by Crippen LogP contribution is 2.49. The van der Waals surface area contributed by atoms with Crippen molar-refractivity contribution in [3.8, 4) is 0 Å². The van der Waals surface area contributed by atoms with Crippen molar-refractivity contribution in [1.82, 2.24) is 0 Å². The molecule has 8 atom stereocenters. The van der Waals surface area contributed by atoms with Crippen LogP contribution in [0.5, 0.6) is 0 Å². The molecule has 1 saturated heterocycles. The number of fused-ring (bicyclic) bond motifs is 2. The monoisotopic (exact) mass is 565 g/mol. The van der Waals surface area contributed by atoms with Gasteiger partial charge in [0, 0.05) is 24.1 Å². The molecule has 0 aromatic heterocycles. The number of allylic oxidation sites excluding steroid dienone is 1. The summed E-state index contributed by atoms with van der Waals surface area (Å²) in [6.45, 7) is 9.80. The lowest BCUT2D eigenvalue weighted by molar-refractivity contribution is -0.146. The van der Waals surface area contributed by atoms with Gasteiger partial charge in [0.2, 0.25) is 0 Å². The van der Waals surface area contributed by atoms with Gasteiger partial charge in [-0.25, -0.2) is 4.79 Å². The molecule has 2 aliphatic carbocycles. The van der Waals surface area contributed by atoms with Crippen LogP contribution in [0.4, 0.5) is 0 Å². The first kappa shape index (κ1) is 30.8. The molecule has 0 aromatic carbocycles. The molecular weight excluding hydrogens is 510 g/mol. The average Bonchev–Trinajstić information content (AvgIpc) is 3.85. The van der Waals surface area contributed by atoms with Crippen LogP contribution in [0.2, 0.25) is 0 Å². The minimum Gasteiger partial charge on any atom is -0.459 e. The molecule has 0 aromatic rings. The maximum atomic E-state index is 13.3. The number of cyclic esters (lactones) is 1. The van der Waals surface area contributed by atoms with Crippen LogP contribution in [0.15, 0.2) is 48.6 Å². The number of hydrogen-bond acceptors (Lipinski definition) is 5. The first-order chi connectivity index (χ1) is 19.8. The third kappa shape index (κ3) is 9.40. The molecule has 2 N–H and O–H groups in total. The highest BCUT2D eigenvalue weighted by molar-refractivity contribution is 5.82. The molecule has 3 aliphatic heterocycles. The predicted octanol–water partition coefficient (Wildman–Crippen LogP) is 7.61. The van der Waals surface area contributed by atoms with E-state index in [1.807, 2.05) is 6.08 Å². The lowest BCUT2D eigenvalue weighted by atomic mass is 9.73. The van der Waals surface area contributed by atoms with Crippen LogP contribution in [0, 0.1) is 29.6 Å². The molecule has 2 bridgehead atoms. The molecule has 41 heavy (non-hydrogen) atoms. The van der Waals surface area contributed by atoms with Gasteiger partial charge in [0.05, 0.1) is 18.3 Å². The molecule has 8 unspecified atom stereocenters. The van der Waals surface area contributed by atoms with Crippen molar-refractivity contribution in [2.24, 2.45) is 35.3 Å². The SMILES string of the molecule is C=C1CCCC2CC=CC(C/C=C\C(=O)OC(C(/C=C/C3CC(C)CCO3)C3CC3)CC(C3CC3)C(C)(N)CC1)O2. The van der Waals surface area contributed by atoms with Gasteiger partial charge in [-0.05, 0) is 120 Å². The molecule has 5 rings (SSSR count). The molecule has 3 heterocycles. The summed E-state index contributed by atoms with van der Waals surface area (Å²) in [7, 11) is 0. The van der Waals surface area contributed by atoms with Gasteiger partial charge in [0.25, 0.3) is 0 Å². The molecule has 5 nitrogen and oxygen atoms in total. The Morgan fingerprint density at radius 1 is 1.07 bits per heavy atom. The molecule has 0 radical (unpaired) electrons. The summed E-state index contributed by atoms with van der Waals surface area (Å²) in [5, 5.41) is 0. The summed E-state index contributed by atoms with van der Waals surface area (Å²) < 4.78 is 18.8. The lowest BCUT2D eigenvalue weighted by Gasteiger charge is -2.38. The summed E-state index contributed by atoms with van der Waals surface area (Å²) in [5.41, 5.74) is 8.16. The quantitative estimate of drug-likeness (QED) is 0.274. The fraction of sp³-hybridized carbons (Fsp3) is 0.750. The Morgan fingerprint density at radius 2 is 1.90 bits per heavy atom. The van der Waals surface area contributed by atoms with Crippen molar-refractivity contribution in [3.63, 3.8) is 0 Å². The van der Waals surface area contributed by atoms with E-state index in [1.54, 1.807) is 6.08 Å². The number of hydrogen-bond donors (Lipinski definition) is 1. The normalized spacial score (nSPS) is 40.0. The van der Waals surface area contributed by atoms with Crippen molar-refractivity contribution in [3.05, 3.63) is 48.6 Å². The third-order valence-electron chi connectivity index (χ3n) is 10.3. The van der Waals surface area contributed by atoms with Crippen molar-refractivity contribution in [1.29, 1.82) is 0 Å². The van der Waals surface area contributed by atoms with Gasteiger partial charge in [0.15, 0.2) is 0 Å². The van der Waals surface area contributed by atoms with Crippen LogP contribution >= 0.6 is 0 Å². The summed E-state index contributed by atoms with van der Waals surface area (Å²) >= 11 is 0. The Morgan fingerprint density at radius 3 is 2.66 bits per heavy atom. The van der Waals surface area contributed by atoms with E-state index in [1.165, 1.54) is 31.3 Å². The second kappa shape index (κ2) is 14.2.